The van der Waals surface area contributed by atoms with E-state index in [4.69, 9.17) is 0 Å². The Labute approximate surface area is 138 Å². The van der Waals surface area contributed by atoms with Crippen molar-refractivity contribution in [2.75, 3.05) is 24.5 Å². The average Bonchev–Trinajstić information content (AvgIpc) is 3.15. The largest absolute Gasteiger partial charge is 0.342 e. The summed E-state index contributed by atoms with van der Waals surface area (Å²) in [6.07, 6.45) is 2.51. The highest BCUT2D eigenvalue weighted by molar-refractivity contribution is 6.01. The van der Waals surface area contributed by atoms with Crippen LogP contribution in [0.25, 0.3) is 0 Å². The Morgan fingerprint density at radius 1 is 1.13 bits per heavy atom. The molecule has 0 aromatic heterocycles. The van der Waals surface area contributed by atoms with E-state index in [-0.39, 0.29) is 23.1 Å². The minimum Gasteiger partial charge on any atom is -0.342 e. The third kappa shape index (κ3) is 3.12. The van der Waals surface area contributed by atoms with Crippen LogP contribution in [0.2, 0.25) is 0 Å². The van der Waals surface area contributed by atoms with Crippen molar-refractivity contribution < 1.29 is 9.59 Å². The molecule has 1 unspecified atom stereocenters. The van der Waals surface area contributed by atoms with E-state index in [1.807, 2.05) is 28.0 Å². The van der Waals surface area contributed by atoms with Gasteiger partial charge in [-0.1, -0.05) is 39.0 Å². The molecule has 0 radical (unpaired) electrons. The fraction of sp³-hybridized carbons (Fsp3) is 0.579. The summed E-state index contributed by atoms with van der Waals surface area (Å²) in [6.45, 7) is 8.67. The molecule has 1 aromatic carbocycles. The highest BCUT2D eigenvalue weighted by Gasteiger charge is 2.39. The van der Waals surface area contributed by atoms with E-state index in [1.54, 1.807) is 0 Å². The Morgan fingerprint density at radius 2 is 1.78 bits per heavy atom. The van der Waals surface area contributed by atoms with Crippen LogP contribution in [0.5, 0.6) is 0 Å². The molecule has 0 bridgehead atoms. The van der Waals surface area contributed by atoms with E-state index < -0.39 is 0 Å². The fourth-order valence-electron chi connectivity index (χ4n) is 3.64. The van der Waals surface area contributed by atoms with Crippen LogP contribution in [-0.2, 0) is 15.0 Å². The van der Waals surface area contributed by atoms with Crippen molar-refractivity contribution in [3.8, 4) is 0 Å². The lowest BCUT2D eigenvalue weighted by Crippen LogP contribution is -2.35. The topological polar surface area (TPSA) is 40.6 Å². The molecule has 2 fully saturated rings. The maximum atomic E-state index is 12.6. The first-order valence-electron chi connectivity index (χ1n) is 8.56. The van der Waals surface area contributed by atoms with Crippen molar-refractivity contribution in [2.24, 2.45) is 5.92 Å². The molecule has 4 heteroatoms. The lowest BCUT2D eigenvalue weighted by Gasteiger charge is -2.28. The van der Waals surface area contributed by atoms with E-state index in [2.05, 4.69) is 26.8 Å². The van der Waals surface area contributed by atoms with Gasteiger partial charge in [-0.25, -0.2) is 0 Å². The summed E-state index contributed by atoms with van der Waals surface area (Å²) in [7, 11) is 0. The average molecular weight is 314 g/mol. The molecular formula is C19H26N2O2. The monoisotopic (exact) mass is 314 g/mol. The first-order valence-corrected chi connectivity index (χ1v) is 8.56. The van der Waals surface area contributed by atoms with Gasteiger partial charge in [0.15, 0.2) is 0 Å². The molecule has 124 valence electrons. The molecule has 1 atom stereocenters. The zero-order valence-electron chi connectivity index (χ0n) is 14.3. The molecule has 0 spiro atoms. The summed E-state index contributed by atoms with van der Waals surface area (Å²) < 4.78 is 0. The Hall–Kier alpha value is -1.84. The zero-order valence-corrected chi connectivity index (χ0v) is 14.3. The zero-order chi connectivity index (χ0) is 16.6. The molecule has 23 heavy (non-hydrogen) atoms. The second-order valence-electron chi connectivity index (χ2n) is 7.70. The molecular weight excluding hydrogens is 288 g/mol. The summed E-state index contributed by atoms with van der Waals surface area (Å²) in [5.41, 5.74) is 2.08. The summed E-state index contributed by atoms with van der Waals surface area (Å²) in [5.74, 6) is 0.0412. The Bertz CT molecular complexity index is 612. The SMILES string of the molecule is CC(C)(C)c1ccccc1N1CC(C(=O)N2CCCC2)CC1=O. The highest BCUT2D eigenvalue weighted by atomic mass is 16.2. The maximum Gasteiger partial charge on any atom is 0.228 e. The normalized spacial score (nSPS) is 22.0. The van der Waals surface area contributed by atoms with Crippen LogP contribution in [0, 0.1) is 5.92 Å². The Balaban J connectivity index is 1.82. The maximum absolute atomic E-state index is 12.6. The van der Waals surface area contributed by atoms with Crippen LogP contribution >= 0.6 is 0 Å². The number of amides is 2. The Kier molecular flexibility index (Phi) is 4.17. The van der Waals surface area contributed by atoms with E-state index in [1.165, 1.54) is 0 Å². The van der Waals surface area contributed by atoms with Gasteiger partial charge in [-0.3, -0.25) is 9.59 Å². The van der Waals surface area contributed by atoms with Crippen molar-refractivity contribution in [1.82, 2.24) is 4.90 Å². The quantitative estimate of drug-likeness (QED) is 0.842. The first-order chi connectivity index (χ1) is 10.9. The van der Waals surface area contributed by atoms with Crippen molar-refractivity contribution in [3.05, 3.63) is 29.8 Å². The lowest BCUT2D eigenvalue weighted by molar-refractivity contribution is -0.134. The molecule has 3 rings (SSSR count). The fourth-order valence-corrected chi connectivity index (χ4v) is 3.64. The van der Waals surface area contributed by atoms with Crippen LogP contribution in [-0.4, -0.2) is 36.3 Å². The number of hydrogen-bond donors (Lipinski definition) is 0. The second kappa shape index (κ2) is 5.99. The van der Waals surface area contributed by atoms with Gasteiger partial charge in [0, 0.05) is 31.7 Å². The van der Waals surface area contributed by atoms with Crippen molar-refractivity contribution in [3.63, 3.8) is 0 Å². The molecule has 2 heterocycles. The molecule has 2 aliphatic heterocycles. The van der Waals surface area contributed by atoms with E-state index in [0.717, 1.165) is 37.2 Å². The van der Waals surface area contributed by atoms with Gasteiger partial charge in [0.2, 0.25) is 11.8 Å². The summed E-state index contributed by atoms with van der Waals surface area (Å²) in [5, 5.41) is 0. The van der Waals surface area contributed by atoms with Crippen molar-refractivity contribution in [2.45, 2.75) is 45.4 Å². The van der Waals surface area contributed by atoms with Crippen LogP contribution in [0.1, 0.15) is 45.6 Å². The predicted octanol–water partition coefficient (Wildman–Crippen LogP) is 2.96. The predicted molar refractivity (Wildman–Crippen MR) is 91.4 cm³/mol. The first kappa shape index (κ1) is 16.0. The molecule has 0 N–H and O–H groups in total. The lowest BCUT2D eigenvalue weighted by atomic mass is 9.85. The third-order valence-electron chi connectivity index (χ3n) is 4.89. The summed E-state index contributed by atoms with van der Waals surface area (Å²) >= 11 is 0. The molecule has 1 aromatic rings. The minimum absolute atomic E-state index is 0.0338. The van der Waals surface area contributed by atoms with E-state index in [0.29, 0.717) is 13.0 Å². The molecule has 4 nitrogen and oxygen atoms in total. The Morgan fingerprint density at radius 3 is 2.43 bits per heavy atom. The van der Waals surface area contributed by atoms with Crippen LogP contribution < -0.4 is 4.90 Å². The number of anilines is 1. The number of benzene rings is 1. The van der Waals surface area contributed by atoms with E-state index in [9.17, 15) is 9.59 Å². The molecule has 2 amide bonds. The standard InChI is InChI=1S/C19H26N2O2/c1-19(2,3)15-8-4-5-9-16(15)21-13-14(12-17(21)22)18(23)20-10-6-7-11-20/h4-5,8-9,14H,6-7,10-13H2,1-3H3. The molecule has 2 saturated heterocycles. The van der Waals surface area contributed by atoms with E-state index >= 15 is 0 Å². The van der Waals surface area contributed by atoms with Gasteiger partial charge in [-0.05, 0) is 29.9 Å². The third-order valence-corrected chi connectivity index (χ3v) is 4.89. The van der Waals surface area contributed by atoms with Crippen molar-refractivity contribution >= 4 is 17.5 Å². The number of carbonyl (C=O) groups excluding carboxylic acids is 2. The number of rotatable bonds is 2. The number of nitrogens with zero attached hydrogens (tertiary/aromatic N) is 2. The van der Waals surface area contributed by atoms with Crippen LogP contribution in [0.4, 0.5) is 5.69 Å². The van der Waals surface area contributed by atoms with Gasteiger partial charge >= 0.3 is 0 Å². The number of hydrogen-bond acceptors (Lipinski definition) is 2. The van der Waals surface area contributed by atoms with Gasteiger partial charge in [-0.2, -0.15) is 0 Å². The van der Waals surface area contributed by atoms with Gasteiger partial charge in [-0.15, -0.1) is 0 Å². The molecule has 0 aliphatic carbocycles. The minimum atomic E-state index is -0.186. The number of carbonyl (C=O) groups is 2. The summed E-state index contributed by atoms with van der Waals surface area (Å²) in [4.78, 5) is 28.9. The van der Waals surface area contributed by atoms with Gasteiger partial charge in [0.25, 0.3) is 0 Å². The van der Waals surface area contributed by atoms with Crippen molar-refractivity contribution in [1.29, 1.82) is 0 Å². The number of likely N-dealkylation sites (tertiary alicyclic amines) is 1. The summed E-state index contributed by atoms with van der Waals surface area (Å²) in [6, 6.07) is 8.06. The second-order valence-corrected chi connectivity index (χ2v) is 7.70. The van der Waals surface area contributed by atoms with Gasteiger partial charge < -0.3 is 9.80 Å². The van der Waals surface area contributed by atoms with Gasteiger partial charge in [0.1, 0.15) is 0 Å². The highest BCUT2D eigenvalue weighted by Crippen LogP contribution is 2.35. The smallest absolute Gasteiger partial charge is 0.228 e. The molecule has 2 aliphatic rings. The van der Waals surface area contributed by atoms with Gasteiger partial charge in [0.05, 0.1) is 5.92 Å². The number of para-hydroxylation sites is 1. The van der Waals surface area contributed by atoms with Crippen LogP contribution in [0.15, 0.2) is 24.3 Å². The molecule has 0 saturated carbocycles. The van der Waals surface area contributed by atoms with Crippen LogP contribution in [0.3, 0.4) is 0 Å².